The molecule has 2 aromatic heterocycles. The van der Waals surface area contributed by atoms with Crippen LogP contribution in [0.15, 0.2) is 182 Å². The van der Waals surface area contributed by atoms with E-state index in [1.807, 2.05) is 0 Å². The molecule has 4 heteroatoms. The van der Waals surface area contributed by atoms with E-state index in [1.165, 1.54) is 38.4 Å². The fourth-order valence-corrected chi connectivity index (χ4v) is 9.46. The average Bonchev–Trinajstić information content (AvgIpc) is 3.72. The lowest BCUT2D eigenvalue weighted by Crippen LogP contribution is -2.14. The molecule has 0 fully saturated rings. The molecule has 1 aliphatic carbocycles. The molecule has 11 aromatic rings. The first-order valence-electron chi connectivity index (χ1n) is 19.9. The molecule has 0 saturated heterocycles. The van der Waals surface area contributed by atoms with Crippen molar-refractivity contribution in [3.63, 3.8) is 0 Å². The zero-order chi connectivity index (χ0) is 38.5. The van der Waals surface area contributed by atoms with Crippen LogP contribution < -0.4 is 0 Å². The van der Waals surface area contributed by atoms with E-state index in [0.29, 0.717) is 17.6 Å². The SMILES string of the molecule is CC1(C)c2ccccc2-c2cc(-c3cccc4c5cc6ccccc6cc5n(-c5nc(-c6ccc7ccccc7c6)nc(-c6ccc7ccccc7c6)n5)c34)ccc21. The van der Waals surface area contributed by atoms with Gasteiger partial charge in [-0.2, -0.15) is 9.97 Å². The molecular weight excluding hydrogens is 705 g/mol. The normalized spacial score (nSPS) is 13.1. The number of fused-ring (bicyclic) bond motifs is 9. The standard InChI is InChI=1S/C54H36N4/c1-54(2)47-21-10-9-18-43(47)45-31-39(26-27-48(45)54)42-19-11-20-44-46-30-37-16-7-8-17-38(37)32-49(46)58(50(42)44)53-56-51(40-24-22-33-12-3-5-14-35(33)28-40)55-52(57-53)41-25-23-34-13-4-6-15-36(34)29-41/h3-32H,1-2H3. The zero-order valence-corrected chi connectivity index (χ0v) is 32.1. The van der Waals surface area contributed by atoms with Gasteiger partial charge in [0.25, 0.3) is 0 Å². The first kappa shape index (κ1) is 32.8. The van der Waals surface area contributed by atoms with Crippen LogP contribution in [0.5, 0.6) is 0 Å². The monoisotopic (exact) mass is 740 g/mol. The topological polar surface area (TPSA) is 43.6 Å². The van der Waals surface area contributed by atoms with E-state index in [9.17, 15) is 0 Å². The van der Waals surface area contributed by atoms with Crippen LogP contribution in [0.2, 0.25) is 0 Å². The second-order valence-electron chi connectivity index (χ2n) is 16.1. The first-order valence-corrected chi connectivity index (χ1v) is 19.9. The Labute approximate surface area is 335 Å². The third-order valence-electron chi connectivity index (χ3n) is 12.4. The summed E-state index contributed by atoms with van der Waals surface area (Å²) >= 11 is 0. The minimum atomic E-state index is -0.0747. The van der Waals surface area contributed by atoms with Crippen molar-refractivity contribution >= 4 is 54.1 Å². The second kappa shape index (κ2) is 12.3. The van der Waals surface area contributed by atoms with Crippen molar-refractivity contribution < 1.29 is 0 Å². The summed E-state index contributed by atoms with van der Waals surface area (Å²) in [5.41, 5.74) is 11.5. The number of hydrogen-bond donors (Lipinski definition) is 0. The van der Waals surface area contributed by atoms with E-state index in [2.05, 4.69) is 200 Å². The lowest BCUT2D eigenvalue weighted by atomic mass is 9.82. The van der Waals surface area contributed by atoms with Crippen molar-refractivity contribution in [2.45, 2.75) is 19.3 Å². The first-order chi connectivity index (χ1) is 28.5. The highest BCUT2D eigenvalue weighted by Gasteiger charge is 2.35. The molecule has 2 heterocycles. The Hall–Kier alpha value is -7.43. The van der Waals surface area contributed by atoms with Gasteiger partial charge in [0.2, 0.25) is 5.95 Å². The van der Waals surface area contributed by atoms with Crippen molar-refractivity contribution in [3.05, 3.63) is 193 Å². The maximum absolute atomic E-state index is 5.40. The second-order valence-corrected chi connectivity index (χ2v) is 16.1. The van der Waals surface area contributed by atoms with Crippen LogP contribution in [0, 0.1) is 0 Å². The van der Waals surface area contributed by atoms with Gasteiger partial charge in [-0.1, -0.05) is 166 Å². The smallest absolute Gasteiger partial charge is 0.238 e. The van der Waals surface area contributed by atoms with Gasteiger partial charge in [0.15, 0.2) is 11.6 Å². The molecule has 1 aliphatic rings. The molecule has 0 unspecified atom stereocenters. The Balaban J connectivity index is 1.17. The third-order valence-corrected chi connectivity index (χ3v) is 12.4. The Bertz CT molecular complexity index is 3400. The van der Waals surface area contributed by atoms with E-state index in [4.69, 9.17) is 15.0 Å². The number of para-hydroxylation sites is 1. The lowest BCUT2D eigenvalue weighted by molar-refractivity contribution is 0.660. The van der Waals surface area contributed by atoms with Gasteiger partial charge >= 0.3 is 0 Å². The molecule has 0 bridgehead atoms. The molecule has 4 nitrogen and oxygen atoms in total. The van der Waals surface area contributed by atoms with Crippen molar-refractivity contribution in [2.75, 3.05) is 0 Å². The van der Waals surface area contributed by atoms with Gasteiger partial charge in [0.1, 0.15) is 0 Å². The maximum Gasteiger partial charge on any atom is 0.238 e. The van der Waals surface area contributed by atoms with E-state index >= 15 is 0 Å². The van der Waals surface area contributed by atoms with Crippen LogP contribution in [0.1, 0.15) is 25.0 Å². The van der Waals surface area contributed by atoms with Gasteiger partial charge in [0.05, 0.1) is 11.0 Å². The van der Waals surface area contributed by atoms with Crippen LogP contribution in [-0.4, -0.2) is 19.5 Å². The minimum Gasteiger partial charge on any atom is -0.277 e. The summed E-state index contributed by atoms with van der Waals surface area (Å²) in [7, 11) is 0. The van der Waals surface area contributed by atoms with Gasteiger partial charge in [-0.25, -0.2) is 4.98 Å². The number of nitrogens with zero attached hydrogens (tertiary/aromatic N) is 4. The molecule has 0 aliphatic heterocycles. The lowest BCUT2D eigenvalue weighted by Gasteiger charge is -2.21. The molecule has 0 radical (unpaired) electrons. The highest BCUT2D eigenvalue weighted by atomic mass is 15.2. The Morgan fingerprint density at radius 2 is 0.914 bits per heavy atom. The number of rotatable bonds is 4. The summed E-state index contributed by atoms with van der Waals surface area (Å²) in [6.07, 6.45) is 0. The number of aromatic nitrogens is 4. The van der Waals surface area contributed by atoms with E-state index in [1.54, 1.807) is 0 Å². The van der Waals surface area contributed by atoms with Crippen LogP contribution in [0.25, 0.3) is 105 Å². The van der Waals surface area contributed by atoms with Gasteiger partial charge in [-0.3, -0.25) is 4.57 Å². The summed E-state index contributed by atoms with van der Waals surface area (Å²) < 4.78 is 2.29. The molecule has 12 rings (SSSR count). The highest BCUT2D eigenvalue weighted by molar-refractivity contribution is 6.17. The quantitative estimate of drug-likeness (QED) is 0.180. The molecule has 0 N–H and O–H groups in total. The molecule has 58 heavy (non-hydrogen) atoms. The van der Waals surface area contributed by atoms with E-state index < -0.39 is 0 Å². The number of benzene rings is 9. The van der Waals surface area contributed by atoms with Gasteiger partial charge in [0, 0.05) is 32.9 Å². The fourth-order valence-electron chi connectivity index (χ4n) is 9.46. The molecule has 0 amide bonds. The van der Waals surface area contributed by atoms with Gasteiger partial charge in [-0.05, 0) is 90.5 Å². The van der Waals surface area contributed by atoms with Crippen LogP contribution in [0.3, 0.4) is 0 Å². The maximum atomic E-state index is 5.40. The highest BCUT2D eigenvalue weighted by Crippen LogP contribution is 2.50. The molecule has 9 aromatic carbocycles. The predicted molar refractivity (Wildman–Crippen MR) is 241 cm³/mol. The molecule has 0 saturated carbocycles. The summed E-state index contributed by atoms with van der Waals surface area (Å²) in [5, 5.41) is 9.30. The third kappa shape index (κ3) is 4.91. The minimum absolute atomic E-state index is 0.0747. The van der Waals surface area contributed by atoms with E-state index in [0.717, 1.165) is 60.2 Å². The summed E-state index contributed by atoms with van der Waals surface area (Å²) in [6.45, 7) is 4.67. The molecule has 272 valence electrons. The van der Waals surface area contributed by atoms with Gasteiger partial charge < -0.3 is 0 Å². The van der Waals surface area contributed by atoms with Crippen LogP contribution >= 0.6 is 0 Å². The summed E-state index contributed by atoms with van der Waals surface area (Å²) in [4.78, 5) is 16.0. The van der Waals surface area contributed by atoms with Crippen LogP contribution in [0.4, 0.5) is 0 Å². The van der Waals surface area contributed by atoms with Gasteiger partial charge in [-0.15, -0.1) is 0 Å². The molecule has 0 spiro atoms. The Morgan fingerprint density at radius 3 is 1.59 bits per heavy atom. The van der Waals surface area contributed by atoms with Crippen LogP contribution in [-0.2, 0) is 5.41 Å². The largest absolute Gasteiger partial charge is 0.277 e. The Kier molecular flexibility index (Phi) is 6.94. The van der Waals surface area contributed by atoms with Crippen molar-refractivity contribution in [2.24, 2.45) is 0 Å². The molecular formula is C54H36N4. The molecule has 0 atom stereocenters. The zero-order valence-electron chi connectivity index (χ0n) is 32.1. The van der Waals surface area contributed by atoms with Crippen molar-refractivity contribution in [1.82, 2.24) is 19.5 Å². The number of hydrogen-bond acceptors (Lipinski definition) is 3. The van der Waals surface area contributed by atoms with E-state index in [-0.39, 0.29) is 5.41 Å². The van der Waals surface area contributed by atoms with Crippen molar-refractivity contribution in [3.8, 4) is 51.0 Å². The van der Waals surface area contributed by atoms with Crippen molar-refractivity contribution in [1.29, 1.82) is 0 Å². The summed E-state index contributed by atoms with van der Waals surface area (Å²) in [5.74, 6) is 1.84. The fraction of sp³-hybridized carbons (Fsp3) is 0.0556. The predicted octanol–water partition coefficient (Wildman–Crippen LogP) is 13.7. The Morgan fingerprint density at radius 1 is 0.379 bits per heavy atom. The average molecular weight is 741 g/mol. The summed E-state index contributed by atoms with van der Waals surface area (Å²) in [6, 6.07) is 65.6.